The second kappa shape index (κ2) is 2.49. The Hall–Kier alpha value is -1.36. The van der Waals surface area contributed by atoms with Crippen molar-refractivity contribution in [2.24, 2.45) is 5.73 Å². The zero-order valence-electron chi connectivity index (χ0n) is 5.07. The molecule has 0 unspecified atom stereocenters. The number of carbonyl (C=O) groups is 1. The van der Waals surface area contributed by atoms with Gasteiger partial charge in [-0.15, -0.1) is 0 Å². The summed E-state index contributed by atoms with van der Waals surface area (Å²) >= 11 is 0. The van der Waals surface area contributed by atoms with E-state index in [9.17, 15) is 4.79 Å². The second-order valence-corrected chi connectivity index (χ2v) is 1.71. The molecule has 0 fully saturated rings. The van der Waals surface area contributed by atoms with Gasteiger partial charge in [0.1, 0.15) is 6.26 Å². The Morgan fingerprint density at radius 2 is 2.60 bits per heavy atom. The lowest BCUT2D eigenvalue weighted by molar-refractivity contribution is 0.0989. The predicted molar refractivity (Wildman–Crippen MR) is 30.9 cm³/mol. The van der Waals surface area contributed by atoms with Crippen LogP contribution in [0.4, 0.5) is 0 Å². The zero-order valence-corrected chi connectivity index (χ0v) is 5.07. The number of amides is 1. The molecule has 54 valence electrons. The maximum atomic E-state index is 10.4. The molecule has 5 nitrogen and oxygen atoms in total. The molecule has 1 heterocycles. The van der Waals surface area contributed by atoms with E-state index in [4.69, 9.17) is 10.8 Å². The van der Waals surface area contributed by atoms with Gasteiger partial charge < -0.3 is 15.4 Å². The Morgan fingerprint density at radius 3 is 3.00 bits per heavy atom. The predicted octanol–water partition coefficient (Wildman–Crippen LogP) is -0.734. The van der Waals surface area contributed by atoms with E-state index in [2.05, 4.69) is 9.68 Å². The fraction of sp³-hybridized carbons (Fsp3) is 0.200. The van der Waals surface area contributed by atoms with E-state index in [0.717, 1.165) is 0 Å². The lowest BCUT2D eigenvalue weighted by atomic mass is 10.2. The van der Waals surface area contributed by atoms with Gasteiger partial charge in [-0.2, -0.15) is 0 Å². The molecule has 3 N–H and O–H groups in total. The molecule has 0 aromatic carbocycles. The monoisotopic (exact) mass is 142 g/mol. The molecule has 0 aliphatic heterocycles. The van der Waals surface area contributed by atoms with Crippen LogP contribution in [-0.2, 0) is 6.61 Å². The van der Waals surface area contributed by atoms with Crippen molar-refractivity contribution in [3.05, 3.63) is 17.5 Å². The molecule has 5 heteroatoms. The number of rotatable bonds is 2. The van der Waals surface area contributed by atoms with Crippen LogP contribution in [0.5, 0.6) is 0 Å². The summed E-state index contributed by atoms with van der Waals surface area (Å²) in [6.07, 6.45) is 1.18. The van der Waals surface area contributed by atoms with E-state index in [1.807, 2.05) is 0 Å². The molecule has 0 saturated heterocycles. The third-order valence-corrected chi connectivity index (χ3v) is 1.05. The number of hydrogen-bond acceptors (Lipinski definition) is 4. The van der Waals surface area contributed by atoms with Gasteiger partial charge in [-0.3, -0.25) is 4.79 Å². The first-order valence-corrected chi connectivity index (χ1v) is 2.59. The van der Waals surface area contributed by atoms with Crippen LogP contribution in [0.3, 0.4) is 0 Å². The summed E-state index contributed by atoms with van der Waals surface area (Å²) in [5.41, 5.74) is 5.16. The number of aliphatic hydroxyl groups is 1. The maximum Gasteiger partial charge on any atom is 0.271 e. The summed E-state index contributed by atoms with van der Waals surface area (Å²) in [6.45, 7) is -0.290. The number of nitrogens with two attached hydrogens (primary N) is 1. The molecular formula is C5H6N2O3. The number of primary amides is 1. The van der Waals surface area contributed by atoms with E-state index < -0.39 is 5.91 Å². The van der Waals surface area contributed by atoms with Gasteiger partial charge in [0.2, 0.25) is 0 Å². The first-order chi connectivity index (χ1) is 4.75. The van der Waals surface area contributed by atoms with Crippen LogP contribution in [-0.4, -0.2) is 16.2 Å². The van der Waals surface area contributed by atoms with Gasteiger partial charge in [-0.05, 0) is 0 Å². The lowest BCUT2D eigenvalue weighted by Crippen LogP contribution is -2.13. The molecule has 0 bridgehead atoms. The summed E-state index contributed by atoms with van der Waals surface area (Å²) in [5, 5.41) is 11.8. The molecule has 1 aromatic heterocycles. The van der Waals surface area contributed by atoms with Gasteiger partial charge in [-0.25, -0.2) is 0 Å². The Bertz CT molecular complexity index is 243. The summed E-state index contributed by atoms with van der Waals surface area (Å²) in [7, 11) is 0. The molecule has 0 spiro atoms. The molecule has 1 rings (SSSR count). The summed E-state index contributed by atoms with van der Waals surface area (Å²) in [5.74, 6) is -0.696. The minimum atomic E-state index is -0.696. The third-order valence-electron chi connectivity index (χ3n) is 1.05. The summed E-state index contributed by atoms with van der Waals surface area (Å²) in [4.78, 5) is 10.4. The van der Waals surface area contributed by atoms with Crippen molar-refractivity contribution in [2.45, 2.75) is 6.61 Å². The number of carbonyl (C=O) groups excluding carboxylic acids is 1. The van der Waals surface area contributed by atoms with E-state index in [-0.39, 0.29) is 12.3 Å². The normalized spacial score (nSPS) is 9.70. The first kappa shape index (κ1) is 6.76. The molecule has 0 aliphatic carbocycles. The highest BCUT2D eigenvalue weighted by atomic mass is 16.5. The van der Waals surface area contributed by atoms with Crippen molar-refractivity contribution in [1.29, 1.82) is 0 Å². The quantitative estimate of drug-likeness (QED) is 0.569. The zero-order chi connectivity index (χ0) is 7.56. The number of nitrogens with zero attached hydrogens (tertiary/aromatic N) is 1. The topological polar surface area (TPSA) is 89.4 Å². The molecule has 0 saturated carbocycles. The van der Waals surface area contributed by atoms with Crippen molar-refractivity contribution in [3.8, 4) is 0 Å². The van der Waals surface area contributed by atoms with Crippen LogP contribution < -0.4 is 5.73 Å². The van der Waals surface area contributed by atoms with Gasteiger partial charge in [0.25, 0.3) is 5.91 Å². The fourth-order valence-electron chi connectivity index (χ4n) is 0.573. The van der Waals surface area contributed by atoms with Gasteiger partial charge >= 0.3 is 0 Å². The molecular weight excluding hydrogens is 136 g/mol. The van der Waals surface area contributed by atoms with Crippen molar-refractivity contribution >= 4 is 5.91 Å². The van der Waals surface area contributed by atoms with Crippen LogP contribution in [0.1, 0.15) is 16.1 Å². The highest BCUT2D eigenvalue weighted by Crippen LogP contribution is 2.04. The van der Waals surface area contributed by atoms with E-state index in [0.29, 0.717) is 5.56 Å². The maximum absolute atomic E-state index is 10.4. The molecule has 0 radical (unpaired) electrons. The average Bonchev–Trinajstić information content (AvgIpc) is 2.33. The molecule has 0 aliphatic rings. The molecule has 0 atom stereocenters. The average molecular weight is 142 g/mol. The van der Waals surface area contributed by atoms with Crippen molar-refractivity contribution < 1.29 is 14.4 Å². The minimum absolute atomic E-state index is 0.0116. The number of aromatic nitrogens is 1. The van der Waals surface area contributed by atoms with Gasteiger partial charge in [-0.1, -0.05) is 5.16 Å². The largest absolute Gasteiger partial charge is 0.391 e. The Labute approximate surface area is 56.4 Å². The van der Waals surface area contributed by atoms with Gasteiger partial charge in [0, 0.05) is 0 Å². The van der Waals surface area contributed by atoms with E-state index in [1.165, 1.54) is 6.26 Å². The summed E-state index contributed by atoms with van der Waals surface area (Å²) < 4.78 is 4.39. The highest BCUT2D eigenvalue weighted by Gasteiger charge is 2.10. The van der Waals surface area contributed by atoms with E-state index >= 15 is 0 Å². The minimum Gasteiger partial charge on any atom is -0.391 e. The van der Waals surface area contributed by atoms with Crippen LogP contribution in [0.15, 0.2) is 10.8 Å². The van der Waals surface area contributed by atoms with Gasteiger partial charge in [0.15, 0.2) is 5.69 Å². The molecule has 1 amide bonds. The molecule has 10 heavy (non-hydrogen) atoms. The van der Waals surface area contributed by atoms with Crippen LogP contribution >= 0.6 is 0 Å². The standard InChI is InChI=1S/C5H6N2O3/c6-5(9)4-3(1-8)2-10-7-4/h2,8H,1H2,(H2,6,9). The number of aliphatic hydroxyl groups excluding tert-OH is 1. The van der Waals surface area contributed by atoms with Crippen LogP contribution in [0.25, 0.3) is 0 Å². The lowest BCUT2D eigenvalue weighted by Gasteiger charge is -1.87. The van der Waals surface area contributed by atoms with Crippen molar-refractivity contribution in [2.75, 3.05) is 0 Å². The Balaban J connectivity index is 3.01. The summed E-state index contributed by atoms with van der Waals surface area (Å²) in [6, 6.07) is 0. The van der Waals surface area contributed by atoms with Crippen LogP contribution in [0, 0.1) is 0 Å². The van der Waals surface area contributed by atoms with Crippen molar-refractivity contribution in [1.82, 2.24) is 5.16 Å². The first-order valence-electron chi connectivity index (χ1n) is 2.59. The Morgan fingerprint density at radius 1 is 1.90 bits per heavy atom. The van der Waals surface area contributed by atoms with Gasteiger partial charge in [0.05, 0.1) is 12.2 Å². The SMILES string of the molecule is NC(=O)c1nocc1CO. The smallest absolute Gasteiger partial charge is 0.271 e. The molecule has 1 aromatic rings. The van der Waals surface area contributed by atoms with E-state index in [1.54, 1.807) is 0 Å². The second-order valence-electron chi connectivity index (χ2n) is 1.71. The van der Waals surface area contributed by atoms with Crippen LogP contribution in [0.2, 0.25) is 0 Å². The fourth-order valence-corrected chi connectivity index (χ4v) is 0.573. The highest BCUT2D eigenvalue weighted by molar-refractivity contribution is 5.91. The van der Waals surface area contributed by atoms with Crippen molar-refractivity contribution in [3.63, 3.8) is 0 Å². The third kappa shape index (κ3) is 0.985. The Kier molecular flexibility index (Phi) is 1.68. The number of hydrogen-bond donors (Lipinski definition) is 2.